The molecule has 110 valence electrons. The molecule has 1 amide bonds. The third kappa shape index (κ3) is 3.88. The first-order valence-corrected chi connectivity index (χ1v) is 6.06. The van der Waals surface area contributed by atoms with Crippen molar-refractivity contribution >= 4 is 17.7 Å². The predicted molar refractivity (Wildman–Crippen MR) is 74.5 cm³/mol. The first kappa shape index (κ1) is 15.8. The average molecular weight is 281 g/mol. The van der Waals surface area contributed by atoms with Crippen LogP contribution in [0.25, 0.3) is 0 Å². The molecule has 0 radical (unpaired) electrons. The van der Waals surface area contributed by atoms with Crippen molar-refractivity contribution in [2.45, 2.75) is 33.3 Å². The Hall–Kier alpha value is -2.24. The molecule has 1 aromatic rings. The average Bonchev–Trinajstić information content (AvgIpc) is 2.28. The van der Waals surface area contributed by atoms with E-state index in [0.717, 1.165) is 0 Å². The van der Waals surface area contributed by atoms with Gasteiger partial charge in [0.15, 0.2) is 0 Å². The molecule has 6 nitrogen and oxygen atoms in total. The fourth-order valence-corrected chi connectivity index (χ4v) is 1.65. The van der Waals surface area contributed by atoms with Gasteiger partial charge in [0.2, 0.25) is 0 Å². The zero-order valence-electron chi connectivity index (χ0n) is 12.2. The molecular weight excluding hydrogens is 262 g/mol. The van der Waals surface area contributed by atoms with Crippen molar-refractivity contribution in [1.82, 2.24) is 0 Å². The lowest BCUT2D eigenvalue weighted by molar-refractivity contribution is 0.0632. The number of carbonyl (C=O) groups excluding carboxylic acids is 1. The van der Waals surface area contributed by atoms with Gasteiger partial charge in [-0.15, -0.1) is 0 Å². The normalized spacial score (nSPS) is 10.8. The number of amides is 1. The summed E-state index contributed by atoms with van der Waals surface area (Å²) in [5, 5.41) is 11.6. The highest BCUT2D eigenvalue weighted by atomic mass is 16.6. The highest BCUT2D eigenvalue weighted by molar-refractivity contribution is 5.95. The highest BCUT2D eigenvalue weighted by Gasteiger charge is 2.20. The summed E-state index contributed by atoms with van der Waals surface area (Å²) in [5.74, 6) is -0.698. The first-order valence-electron chi connectivity index (χ1n) is 6.06. The van der Waals surface area contributed by atoms with Gasteiger partial charge in [-0.25, -0.2) is 9.59 Å². The lowest BCUT2D eigenvalue weighted by Gasteiger charge is -2.21. The smallest absolute Gasteiger partial charge is 0.412 e. The maximum Gasteiger partial charge on any atom is 0.412 e. The van der Waals surface area contributed by atoms with Crippen LogP contribution in [-0.2, 0) is 4.74 Å². The summed E-state index contributed by atoms with van der Waals surface area (Å²) in [4.78, 5) is 22.9. The fraction of sp³-hybridized carbons (Fsp3) is 0.429. The Morgan fingerprint density at radius 1 is 1.25 bits per heavy atom. The molecule has 0 heterocycles. The summed E-state index contributed by atoms with van der Waals surface area (Å²) >= 11 is 0. The molecule has 0 saturated carbocycles. The number of carboxylic acids is 1. The van der Waals surface area contributed by atoms with Crippen LogP contribution in [0.2, 0.25) is 0 Å². The summed E-state index contributed by atoms with van der Waals surface area (Å²) in [5.41, 5.74) is 0.150. The van der Waals surface area contributed by atoms with Crippen LogP contribution in [0.1, 0.15) is 36.7 Å². The molecule has 2 N–H and O–H groups in total. The van der Waals surface area contributed by atoms with E-state index in [-0.39, 0.29) is 5.56 Å². The van der Waals surface area contributed by atoms with Crippen LogP contribution in [0, 0.1) is 6.92 Å². The van der Waals surface area contributed by atoms with Crippen molar-refractivity contribution in [3.8, 4) is 5.75 Å². The molecule has 0 atom stereocenters. The SMILES string of the molecule is COc1ccc(C(=O)O)c(C)c1NC(=O)OC(C)(C)C. The van der Waals surface area contributed by atoms with Gasteiger partial charge < -0.3 is 14.6 Å². The van der Waals surface area contributed by atoms with Crippen LogP contribution < -0.4 is 10.1 Å². The standard InChI is InChI=1S/C14H19NO5/c1-8-9(12(16)17)6-7-10(19-5)11(8)15-13(18)20-14(2,3)4/h6-7H,1-5H3,(H,15,18)(H,16,17). The number of anilines is 1. The number of aromatic carboxylic acids is 1. The number of nitrogens with one attached hydrogen (secondary N) is 1. The monoisotopic (exact) mass is 281 g/mol. The molecule has 0 aliphatic carbocycles. The zero-order chi connectivity index (χ0) is 15.5. The Labute approximate surface area is 117 Å². The Kier molecular flexibility index (Phi) is 4.60. The quantitative estimate of drug-likeness (QED) is 0.889. The minimum atomic E-state index is -1.07. The van der Waals surface area contributed by atoms with Gasteiger partial charge in [0.1, 0.15) is 11.4 Å². The number of methoxy groups -OCH3 is 1. The third-order valence-corrected chi connectivity index (χ3v) is 2.50. The molecule has 1 aromatic carbocycles. The molecule has 0 aliphatic heterocycles. The molecule has 1 rings (SSSR count). The highest BCUT2D eigenvalue weighted by Crippen LogP contribution is 2.31. The number of carbonyl (C=O) groups is 2. The largest absolute Gasteiger partial charge is 0.495 e. The Balaban J connectivity index is 3.12. The third-order valence-electron chi connectivity index (χ3n) is 2.50. The molecule has 6 heteroatoms. The minimum Gasteiger partial charge on any atom is -0.495 e. The van der Waals surface area contributed by atoms with Crippen LogP contribution in [-0.4, -0.2) is 29.9 Å². The van der Waals surface area contributed by atoms with E-state index >= 15 is 0 Å². The fourth-order valence-electron chi connectivity index (χ4n) is 1.65. The lowest BCUT2D eigenvalue weighted by atomic mass is 10.1. The van der Waals surface area contributed by atoms with E-state index in [0.29, 0.717) is 17.0 Å². The number of hydrogen-bond donors (Lipinski definition) is 2. The van der Waals surface area contributed by atoms with Crippen molar-refractivity contribution in [2.24, 2.45) is 0 Å². The number of rotatable bonds is 3. The Bertz CT molecular complexity index is 531. The zero-order valence-corrected chi connectivity index (χ0v) is 12.2. The van der Waals surface area contributed by atoms with Gasteiger partial charge in [0.25, 0.3) is 0 Å². The van der Waals surface area contributed by atoms with E-state index < -0.39 is 17.7 Å². The molecule has 20 heavy (non-hydrogen) atoms. The molecule has 0 bridgehead atoms. The number of benzene rings is 1. The summed E-state index contributed by atoms with van der Waals surface area (Å²) in [6.07, 6.45) is -0.665. The Morgan fingerprint density at radius 2 is 1.85 bits per heavy atom. The van der Waals surface area contributed by atoms with E-state index in [1.807, 2.05) is 0 Å². The number of ether oxygens (including phenoxy) is 2. The second-order valence-electron chi connectivity index (χ2n) is 5.25. The number of carboxylic acid groups (broad SMARTS) is 1. The topological polar surface area (TPSA) is 84.9 Å². The second-order valence-corrected chi connectivity index (χ2v) is 5.25. The minimum absolute atomic E-state index is 0.0943. The van der Waals surface area contributed by atoms with Crippen LogP contribution in [0.5, 0.6) is 5.75 Å². The van der Waals surface area contributed by atoms with E-state index in [2.05, 4.69) is 5.32 Å². The van der Waals surface area contributed by atoms with Gasteiger partial charge in [-0.2, -0.15) is 0 Å². The summed E-state index contributed by atoms with van der Waals surface area (Å²) < 4.78 is 10.3. The van der Waals surface area contributed by atoms with Crippen LogP contribution >= 0.6 is 0 Å². The van der Waals surface area contributed by atoms with Gasteiger partial charge in [-0.3, -0.25) is 5.32 Å². The van der Waals surface area contributed by atoms with Crippen molar-refractivity contribution in [3.63, 3.8) is 0 Å². The summed E-state index contributed by atoms with van der Waals surface area (Å²) in [6, 6.07) is 2.92. The van der Waals surface area contributed by atoms with Crippen LogP contribution in [0.3, 0.4) is 0 Å². The molecule has 0 aliphatic rings. The summed E-state index contributed by atoms with van der Waals surface area (Å²) in [6.45, 7) is 6.82. The van der Waals surface area contributed by atoms with E-state index in [9.17, 15) is 9.59 Å². The van der Waals surface area contributed by atoms with E-state index in [4.69, 9.17) is 14.6 Å². The number of hydrogen-bond acceptors (Lipinski definition) is 4. The van der Waals surface area contributed by atoms with Crippen molar-refractivity contribution in [1.29, 1.82) is 0 Å². The predicted octanol–water partition coefficient (Wildman–Crippen LogP) is 3.05. The van der Waals surface area contributed by atoms with Crippen LogP contribution in [0.4, 0.5) is 10.5 Å². The summed E-state index contributed by atoms with van der Waals surface area (Å²) in [7, 11) is 1.44. The van der Waals surface area contributed by atoms with Crippen LogP contribution in [0.15, 0.2) is 12.1 Å². The van der Waals surface area contributed by atoms with Gasteiger partial charge in [-0.05, 0) is 45.4 Å². The van der Waals surface area contributed by atoms with E-state index in [1.54, 1.807) is 27.7 Å². The molecule has 0 saturated heterocycles. The van der Waals surface area contributed by atoms with Crippen molar-refractivity contribution in [3.05, 3.63) is 23.3 Å². The molecule has 0 aromatic heterocycles. The molecule has 0 spiro atoms. The van der Waals surface area contributed by atoms with Gasteiger partial charge in [0.05, 0.1) is 18.4 Å². The maximum absolute atomic E-state index is 11.8. The first-order chi connectivity index (χ1) is 9.15. The Morgan fingerprint density at radius 3 is 2.30 bits per heavy atom. The lowest BCUT2D eigenvalue weighted by Crippen LogP contribution is -2.27. The van der Waals surface area contributed by atoms with Gasteiger partial charge in [-0.1, -0.05) is 0 Å². The molecular formula is C14H19NO5. The van der Waals surface area contributed by atoms with Crippen molar-refractivity contribution < 1.29 is 24.2 Å². The van der Waals surface area contributed by atoms with Gasteiger partial charge >= 0.3 is 12.1 Å². The van der Waals surface area contributed by atoms with Crippen molar-refractivity contribution in [2.75, 3.05) is 12.4 Å². The molecule has 0 unspecified atom stereocenters. The van der Waals surface area contributed by atoms with Gasteiger partial charge in [0, 0.05) is 0 Å². The van der Waals surface area contributed by atoms with E-state index in [1.165, 1.54) is 19.2 Å². The second kappa shape index (κ2) is 5.81. The maximum atomic E-state index is 11.8. The molecule has 0 fully saturated rings.